The van der Waals surface area contributed by atoms with Gasteiger partial charge in [-0.2, -0.15) is 0 Å². The van der Waals surface area contributed by atoms with Gasteiger partial charge in [-0.05, 0) is 73.9 Å². The number of amides is 2. The van der Waals surface area contributed by atoms with E-state index in [4.69, 9.17) is 21.1 Å². The van der Waals surface area contributed by atoms with Gasteiger partial charge in [0.2, 0.25) is 0 Å². The SMILES string of the molecule is Cc1ccc(C)c(OCC(=O)Nc2ccc3c(c2)N(Cc2ccc(Cl)cc2)C(=O)C(C)O3)c1. The zero-order valence-electron chi connectivity index (χ0n) is 18.7. The van der Waals surface area contributed by atoms with Crippen molar-refractivity contribution in [1.82, 2.24) is 0 Å². The summed E-state index contributed by atoms with van der Waals surface area (Å²) in [5.74, 6) is 0.814. The minimum Gasteiger partial charge on any atom is -0.483 e. The van der Waals surface area contributed by atoms with E-state index in [0.717, 1.165) is 16.7 Å². The molecule has 0 saturated heterocycles. The molecule has 1 aliphatic rings. The summed E-state index contributed by atoms with van der Waals surface area (Å²) in [7, 11) is 0. The van der Waals surface area contributed by atoms with Crippen LogP contribution in [0.1, 0.15) is 23.6 Å². The summed E-state index contributed by atoms with van der Waals surface area (Å²) >= 11 is 5.99. The molecule has 6 nitrogen and oxygen atoms in total. The van der Waals surface area contributed by atoms with Crippen LogP contribution in [0.5, 0.6) is 11.5 Å². The number of halogens is 1. The van der Waals surface area contributed by atoms with Gasteiger partial charge >= 0.3 is 0 Å². The molecule has 4 rings (SSSR count). The molecule has 7 heteroatoms. The van der Waals surface area contributed by atoms with E-state index in [9.17, 15) is 9.59 Å². The zero-order valence-corrected chi connectivity index (χ0v) is 19.5. The Kier molecular flexibility index (Phi) is 6.56. The first-order chi connectivity index (χ1) is 15.8. The van der Waals surface area contributed by atoms with Crippen LogP contribution in [-0.2, 0) is 16.1 Å². The first-order valence-corrected chi connectivity index (χ1v) is 11.0. The Morgan fingerprint density at radius 3 is 2.61 bits per heavy atom. The third-order valence-corrected chi connectivity index (χ3v) is 5.66. The molecule has 0 saturated carbocycles. The fraction of sp³-hybridized carbons (Fsp3) is 0.231. The minimum atomic E-state index is -0.601. The topological polar surface area (TPSA) is 67.9 Å². The highest BCUT2D eigenvalue weighted by Gasteiger charge is 2.31. The third kappa shape index (κ3) is 5.29. The number of benzene rings is 3. The van der Waals surface area contributed by atoms with Gasteiger partial charge in [-0.15, -0.1) is 0 Å². The van der Waals surface area contributed by atoms with Crippen LogP contribution in [0.2, 0.25) is 5.02 Å². The number of nitrogens with zero attached hydrogens (tertiary/aromatic N) is 1. The Morgan fingerprint density at radius 1 is 1.09 bits per heavy atom. The molecule has 2 amide bonds. The molecule has 1 unspecified atom stereocenters. The maximum atomic E-state index is 12.9. The maximum absolute atomic E-state index is 12.9. The summed E-state index contributed by atoms with van der Waals surface area (Å²) in [6, 6.07) is 18.4. The lowest BCUT2D eigenvalue weighted by Gasteiger charge is -2.33. The summed E-state index contributed by atoms with van der Waals surface area (Å²) in [6.07, 6.45) is -0.601. The van der Waals surface area contributed by atoms with E-state index in [1.807, 2.05) is 44.2 Å². The van der Waals surface area contributed by atoms with E-state index < -0.39 is 6.10 Å². The minimum absolute atomic E-state index is 0.123. The molecule has 1 aliphatic heterocycles. The number of aryl methyl sites for hydroxylation is 2. The van der Waals surface area contributed by atoms with Gasteiger partial charge in [0.05, 0.1) is 12.2 Å². The number of fused-ring (bicyclic) bond motifs is 1. The highest BCUT2D eigenvalue weighted by Crippen LogP contribution is 2.37. The van der Waals surface area contributed by atoms with Crippen molar-refractivity contribution in [3.63, 3.8) is 0 Å². The van der Waals surface area contributed by atoms with Crippen molar-refractivity contribution >= 4 is 34.8 Å². The molecule has 33 heavy (non-hydrogen) atoms. The summed E-state index contributed by atoms with van der Waals surface area (Å²) in [5.41, 5.74) is 4.11. The molecule has 1 atom stereocenters. The molecule has 1 N–H and O–H groups in total. The van der Waals surface area contributed by atoms with Gasteiger partial charge in [-0.25, -0.2) is 0 Å². The number of carbonyl (C=O) groups is 2. The summed E-state index contributed by atoms with van der Waals surface area (Å²) in [5, 5.41) is 3.47. The number of anilines is 2. The van der Waals surface area contributed by atoms with Crippen LogP contribution in [0.15, 0.2) is 60.7 Å². The Balaban J connectivity index is 1.50. The van der Waals surface area contributed by atoms with Crippen molar-refractivity contribution < 1.29 is 19.1 Å². The van der Waals surface area contributed by atoms with Gasteiger partial charge < -0.3 is 19.7 Å². The molecule has 0 spiro atoms. The van der Waals surface area contributed by atoms with Crippen molar-refractivity contribution in [3.8, 4) is 11.5 Å². The molecule has 0 bridgehead atoms. The third-order valence-electron chi connectivity index (χ3n) is 5.41. The molecule has 0 aromatic heterocycles. The van der Waals surface area contributed by atoms with E-state index in [0.29, 0.717) is 34.4 Å². The zero-order chi connectivity index (χ0) is 23.5. The lowest BCUT2D eigenvalue weighted by molar-refractivity contribution is -0.125. The first-order valence-electron chi connectivity index (χ1n) is 10.7. The Bertz CT molecular complexity index is 1190. The molecule has 1 heterocycles. The largest absolute Gasteiger partial charge is 0.483 e. The standard InChI is InChI=1S/C26H25ClN2O4/c1-16-4-5-17(2)24(12-16)32-15-25(30)28-21-10-11-23-22(13-21)29(26(31)18(3)33-23)14-19-6-8-20(27)9-7-19/h4-13,18H,14-15H2,1-3H3,(H,28,30). The van der Waals surface area contributed by atoms with Crippen LogP contribution in [0.25, 0.3) is 0 Å². The van der Waals surface area contributed by atoms with Crippen LogP contribution >= 0.6 is 11.6 Å². The molecular formula is C26H25ClN2O4. The fourth-order valence-corrected chi connectivity index (χ4v) is 3.75. The second-order valence-electron chi connectivity index (χ2n) is 8.10. The van der Waals surface area contributed by atoms with E-state index in [1.165, 1.54) is 0 Å². The van der Waals surface area contributed by atoms with Crippen molar-refractivity contribution in [1.29, 1.82) is 0 Å². The van der Waals surface area contributed by atoms with E-state index in [1.54, 1.807) is 42.2 Å². The lowest BCUT2D eigenvalue weighted by atomic mass is 10.1. The second-order valence-corrected chi connectivity index (χ2v) is 8.54. The highest BCUT2D eigenvalue weighted by molar-refractivity contribution is 6.30. The monoisotopic (exact) mass is 464 g/mol. The van der Waals surface area contributed by atoms with Crippen LogP contribution in [-0.4, -0.2) is 24.5 Å². The molecule has 0 fully saturated rings. The second kappa shape index (κ2) is 9.55. The number of hydrogen-bond acceptors (Lipinski definition) is 4. The molecule has 3 aromatic rings. The fourth-order valence-electron chi connectivity index (χ4n) is 3.62. The van der Waals surface area contributed by atoms with Crippen LogP contribution in [0.3, 0.4) is 0 Å². The first kappa shape index (κ1) is 22.7. The lowest BCUT2D eigenvalue weighted by Crippen LogP contribution is -2.44. The maximum Gasteiger partial charge on any atom is 0.268 e. The van der Waals surface area contributed by atoms with Gasteiger partial charge in [-0.1, -0.05) is 35.9 Å². The Labute approximate surface area is 198 Å². The van der Waals surface area contributed by atoms with Crippen molar-refractivity contribution in [3.05, 3.63) is 82.4 Å². The highest BCUT2D eigenvalue weighted by atomic mass is 35.5. The van der Waals surface area contributed by atoms with Crippen molar-refractivity contribution in [2.75, 3.05) is 16.8 Å². The van der Waals surface area contributed by atoms with Crippen molar-refractivity contribution in [2.24, 2.45) is 0 Å². The molecule has 0 aliphatic carbocycles. The summed E-state index contributed by atoms with van der Waals surface area (Å²) in [4.78, 5) is 27.1. The number of rotatable bonds is 6. The Morgan fingerprint density at radius 2 is 1.85 bits per heavy atom. The Hall–Kier alpha value is -3.51. The van der Waals surface area contributed by atoms with Gasteiger partial charge in [0.1, 0.15) is 11.5 Å². The molecule has 3 aromatic carbocycles. The molecule has 0 radical (unpaired) electrons. The summed E-state index contributed by atoms with van der Waals surface area (Å²) in [6.45, 7) is 5.87. The summed E-state index contributed by atoms with van der Waals surface area (Å²) < 4.78 is 11.5. The smallest absolute Gasteiger partial charge is 0.268 e. The van der Waals surface area contributed by atoms with Crippen molar-refractivity contribution in [2.45, 2.75) is 33.4 Å². The number of ether oxygens (including phenoxy) is 2. The normalized spacial score (nSPS) is 15.0. The van der Waals surface area contributed by atoms with Gasteiger partial charge in [0.15, 0.2) is 12.7 Å². The van der Waals surface area contributed by atoms with Crippen LogP contribution < -0.4 is 19.7 Å². The quantitative estimate of drug-likeness (QED) is 0.538. The number of carbonyl (C=O) groups excluding carboxylic acids is 2. The van der Waals surface area contributed by atoms with Crippen LogP contribution in [0.4, 0.5) is 11.4 Å². The van der Waals surface area contributed by atoms with E-state index >= 15 is 0 Å². The average Bonchev–Trinajstić information content (AvgIpc) is 2.79. The molecule has 170 valence electrons. The van der Waals surface area contributed by atoms with E-state index in [2.05, 4.69) is 5.32 Å². The molecular weight excluding hydrogens is 440 g/mol. The van der Waals surface area contributed by atoms with Gasteiger partial charge in [0, 0.05) is 10.7 Å². The van der Waals surface area contributed by atoms with Gasteiger partial charge in [0.25, 0.3) is 11.8 Å². The van der Waals surface area contributed by atoms with Gasteiger partial charge in [-0.3, -0.25) is 9.59 Å². The van der Waals surface area contributed by atoms with E-state index in [-0.39, 0.29) is 18.4 Å². The number of hydrogen-bond donors (Lipinski definition) is 1. The number of nitrogens with one attached hydrogen (secondary N) is 1. The average molecular weight is 465 g/mol. The predicted molar refractivity (Wildman–Crippen MR) is 129 cm³/mol. The van der Waals surface area contributed by atoms with Crippen LogP contribution in [0, 0.1) is 13.8 Å². The predicted octanol–water partition coefficient (Wildman–Crippen LogP) is 5.29.